The van der Waals surface area contributed by atoms with Gasteiger partial charge in [-0.25, -0.2) is 0 Å². The average Bonchev–Trinajstić information content (AvgIpc) is 2.66. The maximum absolute atomic E-state index is 12.9. The number of nitro groups is 1. The third-order valence-corrected chi connectivity index (χ3v) is 4.40. The van der Waals surface area contributed by atoms with Crippen LogP contribution < -0.4 is 15.5 Å². The highest BCUT2D eigenvalue weighted by molar-refractivity contribution is 6.06. The van der Waals surface area contributed by atoms with Gasteiger partial charge in [-0.2, -0.15) is 0 Å². The number of carbonyl (C=O) groups excluding carboxylic acids is 1. The van der Waals surface area contributed by atoms with Crippen molar-refractivity contribution >= 4 is 28.2 Å². The zero-order chi connectivity index (χ0) is 20.4. The van der Waals surface area contributed by atoms with E-state index in [4.69, 9.17) is 4.74 Å². The number of nitrogens with one attached hydrogen (secondary N) is 1. The van der Waals surface area contributed by atoms with E-state index in [0.717, 1.165) is 0 Å². The summed E-state index contributed by atoms with van der Waals surface area (Å²) in [5.74, 6) is -0.0907. The summed E-state index contributed by atoms with van der Waals surface area (Å²) in [6.07, 6.45) is 1.45. The SMILES string of the molecule is CCOc1ccc2c(c1)c(=O)c(C(=O)Nc1cc([N+](=O)[O-])ccc1C)cn2C. The Morgan fingerprint density at radius 1 is 1.25 bits per heavy atom. The predicted octanol–water partition coefficient (Wildman–Crippen LogP) is 3.41. The van der Waals surface area contributed by atoms with Crippen molar-refractivity contribution in [3.05, 3.63) is 74.1 Å². The van der Waals surface area contributed by atoms with Gasteiger partial charge in [0.25, 0.3) is 11.6 Å². The number of ether oxygens (including phenoxy) is 1. The number of carbonyl (C=O) groups is 1. The van der Waals surface area contributed by atoms with E-state index in [1.807, 2.05) is 6.92 Å². The van der Waals surface area contributed by atoms with Gasteiger partial charge in [-0.1, -0.05) is 6.07 Å². The van der Waals surface area contributed by atoms with E-state index in [9.17, 15) is 19.7 Å². The van der Waals surface area contributed by atoms with E-state index < -0.39 is 16.3 Å². The molecule has 0 unspecified atom stereocenters. The van der Waals surface area contributed by atoms with Crippen LogP contribution in [0.5, 0.6) is 5.75 Å². The molecule has 0 saturated heterocycles. The molecule has 0 saturated carbocycles. The van der Waals surface area contributed by atoms with Crippen molar-refractivity contribution in [2.24, 2.45) is 7.05 Å². The van der Waals surface area contributed by atoms with E-state index >= 15 is 0 Å². The number of aryl methyl sites for hydroxylation is 2. The largest absolute Gasteiger partial charge is 0.494 e. The number of amides is 1. The number of aromatic nitrogens is 1. The molecule has 2 aromatic carbocycles. The van der Waals surface area contributed by atoms with Crippen molar-refractivity contribution in [2.75, 3.05) is 11.9 Å². The van der Waals surface area contributed by atoms with Gasteiger partial charge in [0.1, 0.15) is 11.3 Å². The van der Waals surface area contributed by atoms with Crippen LogP contribution in [0.1, 0.15) is 22.8 Å². The summed E-state index contributed by atoms with van der Waals surface area (Å²) in [5, 5.41) is 13.9. The molecule has 1 aromatic heterocycles. The molecule has 0 radical (unpaired) electrons. The van der Waals surface area contributed by atoms with Gasteiger partial charge in [-0.3, -0.25) is 19.7 Å². The van der Waals surface area contributed by atoms with Gasteiger partial charge in [0.2, 0.25) is 5.43 Å². The lowest BCUT2D eigenvalue weighted by Crippen LogP contribution is -2.23. The summed E-state index contributed by atoms with van der Waals surface area (Å²) < 4.78 is 7.13. The third-order valence-electron chi connectivity index (χ3n) is 4.40. The first kappa shape index (κ1) is 19.1. The molecular formula is C20H19N3O5. The minimum atomic E-state index is -0.632. The molecule has 1 heterocycles. The van der Waals surface area contributed by atoms with Crippen LogP contribution >= 0.6 is 0 Å². The second-order valence-electron chi connectivity index (χ2n) is 6.31. The van der Waals surface area contributed by atoms with Gasteiger partial charge in [0, 0.05) is 25.4 Å². The van der Waals surface area contributed by atoms with Crippen LogP contribution in [0.2, 0.25) is 0 Å². The molecule has 3 rings (SSSR count). The Labute approximate surface area is 160 Å². The molecule has 8 nitrogen and oxygen atoms in total. The highest BCUT2D eigenvalue weighted by Crippen LogP contribution is 2.23. The highest BCUT2D eigenvalue weighted by Gasteiger charge is 2.17. The normalized spacial score (nSPS) is 10.7. The monoisotopic (exact) mass is 381 g/mol. The first-order valence-corrected chi connectivity index (χ1v) is 8.64. The molecular weight excluding hydrogens is 362 g/mol. The van der Waals surface area contributed by atoms with E-state index in [0.29, 0.717) is 28.8 Å². The van der Waals surface area contributed by atoms with E-state index in [2.05, 4.69) is 5.32 Å². The van der Waals surface area contributed by atoms with Crippen LogP contribution in [-0.2, 0) is 7.05 Å². The number of nitro benzene ring substituents is 1. The highest BCUT2D eigenvalue weighted by atomic mass is 16.6. The van der Waals surface area contributed by atoms with E-state index in [-0.39, 0.29) is 16.9 Å². The number of anilines is 1. The number of benzene rings is 2. The van der Waals surface area contributed by atoms with Gasteiger partial charge in [-0.05, 0) is 37.6 Å². The lowest BCUT2D eigenvalue weighted by atomic mass is 10.1. The smallest absolute Gasteiger partial charge is 0.271 e. The number of nitrogens with zero attached hydrogens (tertiary/aromatic N) is 2. The lowest BCUT2D eigenvalue weighted by molar-refractivity contribution is -0.384. The number of pyridine rings is 1. The fourth-order valence-corrected chi connectivity index (χ4v) is 2.94. The molecule has 144 valence electrons. The van der Waals surface area contributed by atoms with Gasteiger partial charge in [0.05, 0.1) is 28.1 Å². The number of rotatable bonds is 5. The number of hydrogen-bond acceptors (Lipinski definition) is 5. The third kappa shape index (κ3) is 3.57. The number of fused-ring (bicyclic) bond motifs is 1. The molecule has 0 bridgehead atoms. The van der Waals surface area contributed by atoms with Crippen LogP contribution in [0.25, 0.3) is 10.9 Å². The minimum Gasteiger partial charge on any atom is -0.494 e. The Balaban J connectivity index is 2.05. The van der Waals surface area contributed by atoms with Crippen molar-refractivity contribution in [3.63, 3.8) is 0 Å². The Morgan fingerprint density at radius 3 is 2.68 bits per heavy atom. The van der Waals surface area contributed by atoms with Gasteiger partial charge in [-0.15, -0.1) is 0 Å². The van der Waals surface area contributed by atoms with Crippen LogP contribution in [0.15, 0.2) is 47.4 Å². The number of non-ortho nitro benzene ring substituents is 1. The van der Waals surface area contributed by atoms with Gasteiger partial charge < -0.3 is 14.6 Å². The van der Waals surface area contributed by atoms with Crippen molar-refractivity contribution in [2.45, 2.75) is 13.8 Å². The van der Waals surface area contributed by atoms with Crippen LogP contribution in [0, 0.1) is 17.0 Å². The molecule has 0 atom stereocenters. The fraction of sp³-hybridized carbons (Fsp3) is 0.200. The first-order chi connectivity index (χ1) is 13.3. The molecule has 0 spiro atoms. The standard InChI is InChI=1S/C20H19N3O5/c1-4-28-14-7-8-18-15(10-14)19(24)16(11-22(18)3)20(25)21-17-9-13(23(26)27)6-5-12(17)2/h5-11H,4H2,1-3H3,(H,21,25). The molecule has 28 heavy (non-hydrogen) atoms. The van der Waals surface area contributed by atoms with E-state index in [1.54, 1.807) is 42.8 Å². The first-order valence-electron chi connectivity index (χ1n) is 8.64. The summed E-state index contributed by atoms with van der Waals surface area (Å²) >= 11 is 0. The van der Waals surface area contributed by atoms with Crippen molar-refractivity contribution in [1.82, 2.24) is 4.57 Å². The Kier molecular flexibility index (Phi) is 5.12. The van der Waals surface area contributed by atoms with Crippen molar-refractivity contribution < 1.29 is 14.5 Å². The Morgan fingerprint density at radius 2 is 2.00 bits per heavy atom. The lowest BCUT2D eigenvalue weighted by Gasteiger charge is -2.12. The van der Waals surface area contributed by atoms with Crippen LogP contribution in [0.3, 0.4) is 0 Å². The summed E-state index contributed by atoms with van der Waals surface area (Å²) in [5.41, 5.74) is 0.953. The van der Waals surface area contributed by atoms with Crippen molar-refractivity contribution in [1.29, 1.82) is 0 Å². The minimum absolute atomic E-state index is 0.0606. The summed E-state index contributed by atoms with van der Waals surface area (Å²) in [6, 6.07) is 9.30. The molecule has 0 aliphatic rings. The molecule has 1 N–H and O–H groups in total. The summed E-state index contributed by atoms with van der Waals surface area (Å²) in [4.78, 5) is 36.1. The van der Waals surface area contributed by atoms with E-state index in [1.165, 1.54) is 18.3 Å². The average molecular weight is 381 g/mol. The Bertz CT molecular complexity index is 1150. The van der Waals surface area contributed by atoms with Gasteiger partial charge in [0.15, 0.2) is 0 Å². The molecule has 0 aliphatic carbocycles. The fourth-order valence-electron chi connectivity index (χ4n) is 2.94. The summed E-state index contributed by atoms with van der Waals surface area (Å²) in [6.45, 7) is 4.01. The predicted molar refractivity (Wildman–Crippen MR) is 106 cm³/mol. The van der Waals surface area contributed by atoms with Gasteiger partial charge >= 0.3 is 0 Å². The van der Waals surface area contributed by atoms with Crippen LogP contribution in [0.4, 0.5) is 11.4 Å². The van der Waals surface area contributed by atoms with Crippen LogP contribution in [-0.4, -0.2) is 22.0 Å². The maximum Gasteiger partial charge on any atom is 0.271 e. The quantitative estimate of drug-likeness (QED) is 0.539. The maximum atomic E-state index is 12.9. The molecule has 3 aromatic rings. The molecule has 1 amide bonds. The summed E-state index contributed by atoms with van der Waals surface area (Å²) in [7, 11) is 1.73. The zero-order valence-electron chi connectivity index (χ0n) is 15.7. The molecule has 8 heteroatoms. The Hall–Kier alpha value is -3.68. The zero-order valence-corrected chi connectivity index (χ0v) is 15.7. The second-order valence-corrected chi connectivity index (χ2v) is 6.31. The molecule has 0 fully saturated rings. The number of hydrogen-bond donors (Lipinski definition) is 1. The molecule has 0 aliphatic heterocycles. The topological polar surface area (TPSA) is 103 Å². The van der Waals surface area contributed by atoms with Crippen molar-refractivity contribution in [3.8, 4) is 5.75 Å². The second kappa shape index (κ2) is 7.51.